The van der Waals surface area contributed by atoms with Gasteiger partial charge in [0.25, 0.3) is 0 Å². The van der Waals surface area contributed by atoms with Gasteiger partial charge in [0.15, 0.2) is 0 Å². The molecular formula is C22H35ClN2O4. The second-order valence-electron chi connectivity index (χ2n) is 9.83. The summed E-state index contributed by atoms with van der Waals surface area (Å²) in [7, 11) is 0. The fourth-order valence-corrected chi connectivity index (χ4v) is 7.48. The molecule has 0 radical (unpaired) electrons. The monoisotopic (exact) mass is 426 g/mol. The second-order valence-corrected chi connectivity index (χ2v) is 9.83. The van der Waals surface area contributed by atoms with Crippen LogP contribution in [0.4, 0.5) is 0 Å². The van der Waals surface area contributed by atoms with Gasteiger partial charge in [-0.2, -0.15) is 0 Å². The van der Waals surface area contributed by atoms with E-state index in [1.54, 1.807) is 0 Å². The number of nitrogens with zero attached hydrogens (tertiary/aromatic N) is 1. The van der Waals surface area contributed by atoms with Crippen LogP contribution in [0.3, 0.4) is 0 Å². The summed E-state index contributed by atoms with van der Waals surface area (Å²) in [6.45, 7) is 2.86. The highest BCUT2D eigenvalue weighted by atomic mass is 35.5. The number of carbonyl (C=O) groups excluding carboxylic acids is 2. The summed E-state index contributed by atoms with van der Waals surface area (Å²) in [5, 5.41) is 13.5. The van der Waals surface area contributed by atoms with E-state index >= 15 is 0 Å². The van der Waals surface area contributed by atoms with Crippen molar-refractivity contribution < 1.29 is 19.5 Å². The SMILES string of the molecule is C[C@]12CCCCC1/C(=N/O)C[C@H]1[C@@H]3CCC(=O)[C@@]3(COC(=O)CCN)CC[C@@H]12.Cl. The number of hydrogen-bond acceptors (Lipinski definition) is 6. The summed E-state index contributed by atoms with van der Waals surface area (Å²) >= 11 is 0. The molecule has 0 spiro atoms. The maximum atomic E-state index is 13.0. The van der Waals surface area contributed by atoms with Crippen LogP contribution in [0.25, 0.3) is 0 Å². The first-order chi connectivity index (χ1) is 13.5. The number of rotatable bonds is 4. The Morgan fingerprint density at radius 3 is 2.76 bits per heavy atom. The number of oxime groups is 1. The van der Waals surface area contributed by atoms with Gasteiger partial charge in [-0.15, -0.1) is 12.4 Å². The molecule has 29 heavy (non-hydrogen) atoms. The van der Waals surface area contributed by atoms with Crippen molar-refractivity contribution in [2.75, 3.05) is 13.2 Å². The van der Waals surface area contributed by atoms with Crippen LogP contribution in [-0.2, 0) is 14.3 Å². The third-order valence-corrected chi connectivity index (χ3v) is 8.80. The average Bonchev–Trinajstić information content (AvgIpc) is 3.03. The van der Waals surface area contributed by atoms with E-state index in [-0.39, 0.29) is 55.1 Å². The van der Waals surface area contributed by atoms with Crippen LogP contribution in [0.2, 0.25) is 0 Å². The Morgan fingerprint density at radius 2 is 2.03 bits per heavy atom. The van der Waals surface area contributed by atoms with Gasteiger partial charge in [-0.25, -0.2) is 0 Å². The minimum absolute atomic E-state index is 0. The first kappa shape index (κ1) is 22.5. The molecule has 4 saturated carbocycles. The molecule has 6 atom stereocenters. The van der Waals surface area contributed by atoms with Crippen molar-refractivity contribution in [1.29, 1.82) is 0 Å². The lowest BCUT2D eigenvalue weighted by atomic mass is 9.45. The lowest BCUT2D eigenvalue weighted by molar-refractivity contribution is -0.157. The molecule has 0 aliphatic heterocycles. The summed E-state index contributed by atoms with van der Waals surface area (Å²) in [4.78, 5) is 24.9. The highest BCUT2D eigenvalue weighted by Crippen LogP contribution is 2.65. The van der Waals surface area contributed by atoms with Crippen LogP contribution in [0.5, 0.6) is 0 Å². The van der Waals surface area contributed by atoms with Crippen molar-refractivity contribution in [3.63, 3.8) is 0 Å². The number of fused-ring (bicyclic) bond motifs is 5. The number of Topliss-reactive ketones (excluding diaryl/α,β-unsaturated/α-hetero) is 1. The molecule has 0 heterocycles. The van der Waals surface area contributed by atoms with Gasteiger partial charge in [0.2, 0.25) is 0 Å². The molecule has 3 N–H and O–H groups in total. The van der Waals surface area contributed by atoms with Crippen LogP contribution in [-0.4, -0.2) is 35.8 Å². The molecule has 6 nitrogen and oxygen atoms in total. The predicted molar refractivity (Wildman–Crippen MR) is 112 cm³/mol. The third kappa shape index (κ3) is 3.50. The van der Waals surface area contributed by atoms with E-state index in [1.165, 1.54) is 19.3 Å². The predicted octanol–water partition coefficient (Wildman–Crippen LogP) is 3.72. The number of hydrogen-bond donors (Lipinski definition) is 2. The number of ketones is 1. The Labute approximate surface area is 179 Å². The molecule has 4 aliphatic carbocycles. The van der Waals surface area contributed by atoms with E-state index < -0.39 is 5.41 Å². The molecule has 4 fully saturated rings. The highest BCUT2D eigenvalue weighted by Gasteiger charge is 2.63. The van der Waals surface area contributed by atoms with E-state index in [1.807, 2.05) is 0 Å². The zero-order chi connectivity index (χ0) is 19.9. The maximum absolute atomic E-state index is 13.0. The lowest BCUT2D eigenvalue weighted by Crippen LogP contribution is -2.57. The Bertz CT molecular complexity index is 684. The number of nitrogens with two attached hydrogens (primary N) is 1. The standard InChI is InChI=1S/C22H34N2O4.ClH/c1-21-9-3-2-4-17(21)18(24-27)12-14-15(21)7-10-22(13-28-20(26)8-11-23)16(14)5-6-19(22)25;/h14-17,27H,2-13,23H2,1H3;1H/b24-18+;/t14-,15+,16+,17?,21-,22-;/m1./s1. The summed E-state index contributed by atoms with van der Waals surface area (Å²) in [5.41, 5.74) is 6.03. The maximum Gasteiger partial charge on any atom is 0.307 e. The molecule has 4 aliphatic rings. The van der Waals surface area contributed by atoms with E-state index in [0.717, 1.165) is 37.8 Å². The Hall–Kier alpha value is -1.14. The number of ether oxygens (including phenoxy) is 1. The van der Waals surface area contributed by atoms with E-state index in [9.17, 15) is 14.8 Å². The van der Waals surface area contributed by atoms with Crippen LogP contribution in [0, 0.1) is 34.5 Å². The van der Waals surface area contributed by atoms with Crippen molar-refractivity contribution in [2.45, 2.75) is 71.1 Å². The van der Waals surface area contributed by atoms with Crippen LogP contribution in [0.1, 0.15) is 71.1 Å². The van der Waals surface area contributed by atoms with E-state index in [4.69, 9.17) is 10.5 Å². The van der Waals surface area contributed by atoms with E-state index in [2.05, 4.69) is 12.1 Å². The molecule has 164 valence electrons. The van der Waals surface area contributed by atoms with Gasteiger partial charge < -0.3 is 15.7 Å². The fourth-order valence-electron chi connectivity index (χ4n) is 7.48. The normalized spacial score (nSPS) is 42.4. The van der Waals surface area contributed by atoms with Crippen molar-refractivity contribution >= 4 is 29.9 Å². The van der Waals surface area contributed by atoms with Crippen molar-refractivity contribution in [3.8, 4) is 0 Å². The van der Waals surface area contributed by atoms with Gasteiger partial charge in [0.1, 0.15) is 12.4 Å². The summed E-state index contributed by atoms with van der Waals surface area (Å²) in [6.07, 6.45) is 9.00. The largest absolute Gasteiger partial charge is 0.465 e. The van der Waals surface area contributed by atoms with Crippen LogP contribution in [0.15, 0.2) is 5.16 Å². The summed E-state index contributed by atoms with van der Waals surface area (Å²) in [5.74, 6) is 1.46. The minimum Gasteiger partial charge on any atom is -0.465 e. The summed E-state index contributed by atoms with van der Waals surface area (Å²) in [6, 6.07) is 0. The molecule has 0 saturated heterocycles. The zero-order valence-electron chi connectivity index (χ0n) is 17.4. The number of halogens is 1. The molecule has 7 heteroatoms. The van der Waals surface area contributed by atoms with Gasteiger partial charge in [-0.1, -0.05) is 24.9 Å². The first-order valence-electron chi connectivity index (χ1n) is 11.1. The molecule has 0 bridgehead atoms. The third-order valence-electron chi connectivity index (χ3n) is 8.80. The molecule has 0 aromatic rings. The molecule has 0 aromatic carbocycles. The molecule has 1 unspecified atom stereocenters. The summed E-state index contributed by atoms with van der Waals surface area (Å²) < 4.78 is 5.54. The first-order valence-corrected chi connectivity index (χ1v) is 11.1. The van der Waals surface area contributed by atoms with Crippen LogP contribution < -0.4 is 5.73 Å². The Kier molecular flexibility index (Phi) is 6.64. The molecular weight excluding hydrogens is 392 g/mol. The smallest absolute Gasteiger partial charge is 0.307 e. The van der Waals surface area contributed by atoms with Crippen molar-refractivity contribution in [3.05, 3.63) is 0 Å². The van der Waals surface area contributed by atoms with Gasteiger partial charge in [0, 0.05) is 18.9 Å². The highest BCUT2D eigenvalue weighted by molar-refractivity contribution is 5.90. The van der Waals surface area contributed by atoms with Crippen LogP contribution >= 0.6 is 12.4 Å². The minimum atomic E-state index is -0.538. The molecule has 0 aromatic heterocycles. The lowest BCUT2D eigenvalue weighted by Gasteiger charge is -2.59. The van der Waals surface area contributed by atoms with Crippen molar-refractivity contribution in [2.24, 2.45) is 45.4 Å². The van der Waals surface area contributed by atoms with Gasteiger partial charge in [0.05, 0.1) is 17.5 Å². The Balaban J connectivity index is 0.00000240. The zero-order valence-corrected chi connectivity index (χ0v) is 18.2. The fraction of sp³-hybridized carbons (Fsp3) is 0.864. The quantitative estimate of drug-likeness (QED) is 0.405. The van der Waals surface area contributed by atoms with Gasteiger partial charge >= 0.3 is 5.97 Å². The number of carbonyl (C=O) groups is 2. The topological polar surface area (TPSA) is 102 Å². The second kappa shape index (κ2) is 8.54. The van der Waals surface area contributed by atoms with Crippen molar-refractivity contribution in [1.82, 2.24) is 0 Å². The average molecular weight is 427 g/mol. The van der Waals surface area contributed by atoms with E-state index in [0.29, 0.717) is 24.2 Å². The molecule has 4 rings (SSSR count). The number of esters is 1. The van der Waals surface area contributed by atoms with Gasteiger partial charge in [-0.05, 0) is 61.7 Å². The van der Waals surface area contributed by atoms with Gasteiger partial charge in [-0.3, -0.25) is 9.59 Å². The molecule has 0 amide bonds. The Morgan fingerprint density at radius 1 is 1.24 bits per heavy atom.